The van der Waals surface area contributed by atoms with Gasteiger partial charge in [-0.05, 0) is 50.7 Å². The molecule has 0 spiro atoms. The van der Waals surface area contributed by atoms with E-state index in [-0.39, 0.29) is 5.92 Å². The molecule has 1 aromatic rings. The molecule has 0 saturated heterocycles. The first-order chi connectivity index (χ1) is 9.60. The first kappa shape index (κ1) is 14.8. The molecule has 2 rings (SSSR count). The maximum Gasteiger partial charge on any atom is 0.144 e. The second kappa shape index (κ2) is 6.71. The van der Waals surface area contributed by atoms with Crippen LogP contribution in [-0.2, 0) is 4.79 Å². The number of Topliss-reactive ketones (excluding diaryl/α,β-unsaturated/α-hetero) is 1. The molecule has 0 saturated carbocycles. The number of ether oxygens (including phenoxy) is 1. The Labute approximate surface area is 121 Å². The predicted octanol–water partition coefficient (Wildman–Crippen LogP) is 2.88. The zero-order valence-electron chi connectivity index (χ0n) is 12.5. The van der Waals surface area contributed by atoms with Crippen LogP contribution in [0, 0.1) is 5.92 Å². The van der Waals surface area contributed by atoms with Crippen molar-refractivity contribution in [1.29, 1.82) is 0 Å². The first-order valence-electron chi connectivity index (χ1n) is 7.10. The molecule has 2 atom stereocenters. The van der Waals surface area contributed by atoms with Gasteiger partial charge in [-0.15, -0.1) is 0 Å². The molecule has 1 aromatic carbocycles. The summed E-state index contributed by atoms with van der Waals surface area (Å²) in [6.45, 7) is 1.02. The number of benzene rings is 1. The van der Waals surface area contributed by atoms with Crippen molar-refractivity contribution in [2.75, 3.05) is 27.7 Å². The van der Waals surface area contributed by atoms with Crippen LogP contribution < -0.4 is 4.74 Å². The number of ketones is 1. The van der Waals surface area contributed by atoms with Crippen molar-refractivity contribution in [3.05, 3.63) is 42.0 Å². The quantitative estimate of drug-likeness (QED) is 0.773. The number of carbonyl (C=O) groups is 1. The van der Waals surface area contributed by atoms with Crippen LogP contribution in [0.4, 0.5) is 0 Å². The fourth-order valence-electron chi connectivity index (χ4n) is 2.56. The summed E-state index contributed by atoms with van der Waals surface area (Å²) in [4.78, 5) is 14.5. The number of hydrogen-bond donors (Lipinski definition) is 0. The lowest BCUT2D eigenvalue weighted by Crippen LogP contribution is -2.22. The van der Waals surface area contributed by atoms with Crippen molar-refractivity contribution < 1.29 is 9.53 Å². The van der Waals surface area contributed by atoms with Gasteiger partial charge >= 0.3 is 0 Å². The van der Waals surface area contributed by atoms with Gasteiger partial charge in [0.25, 0.3) is 0 Å². The van der Waals surface area contributed by atoms with Gasteiger partial charge in [0, 0.05) is 6.42 Å². The van der Waals surface area contributed by atoms with Crippen molar-refractivity contribution >= 4 is 5.78 Å². The maximum absolute atomic E-state index is 12.3. The molecule has 1 aliphatic rings. The van der Waals surface area contributed by atoms with Crippen molar-refractivity contribution in [3.8, 4) is 5.75 Å². The highest BCUT2D eigenvalue weighted by molar-refractivity contribution is 5.89. The molecule has 0 heterocycles. The van der Waals surface area contributed by atoms with E-state index in [2.05, 4.69) is 31.1 Å². The molecule has 1 unspecified atom stereocenters. The minimum atomic E-state index is -0.0866. The predicted molar refractivity (Wildman–Crippen MR) is 81.2 cm³/mol. The fourth-order valence-corrected chi connectivity index (χ4v) is 2.56. The van der Waals surface area contributed by atoms with Gasteiger partial charge in [-0.2, -0.15) is 0 Å². The molecular weight excluding hydrogens is 250 g/mol. The number of allylic oxidation sites excluding steroid dienone is 2. The van der Waals surface area contributed by atoms with Crippen LogP contribution in [0.3, 0.4) is 0 Å². The topological polar surface area (TPSA) is 29.5 Å². The Morgan fingerprint density at radius 3 is 2.45 bits per heavy atom. The van der Waals surface area contributed by atoms with Crippen molar-refractivity contribution in [3.63, 3.8) is 0 Å². The SMILES string of the molecule is COc1ccc([C@@H]2C=CC(CCN(C)C)CC2=O)cc1. The third-order valence-corrected chi connectivity index (χ3v) is 3.81. The highest BCUT2D eigenvalue weighted by Gasteiger charge is 2.25. The molecule has 0 N–H and O–H groups in total. The minimum Gasteiger partial charge on any atom is -0.497 e. The molecule has 0 aromatic heterocycles. The van der Waals surface area contributed by atoms with E-state index >= 15 is 0 Å². The smallest absolute Gasteiger partial charge is 0.144 e. The van der Waals surface area contributed by atoms with Crippen LogP contribution in [0.2, 0.25) is 0 Å². The Morgan fingerprint density at radius 2 is 1.90 bits per heavy atom. The summed E-state index contributed by atoms with van der Waals surface area (Å²) in [5.74, 6) is 1.45. The number of hydrogen-bond acceptors (Lipinski definition) is 3. The Balaban J connectivity index is 2.03. The molecule has 108 valence electrons. The summed E-state index contributed by atoms with van der Waals surface area (Å²) < 4.78 is 5.15. The molecule has 3 heteroatoms. The molecule has 0 bridgehead atoms. The molecule has 0 radical (unpaired) electrons. The van der Waals surface area contributed by atoms with Crippen LogP contribution in [0.15, 0.2) is 36.4 Å². The van der Waals surface area contributed by atoms with Gasteiger partial charge < -0.3 is 9.64 Å². The lowest BCUT2D eigenvalue weighted by Gasteiger charge is -2.23. The highest BCUT2D eigenvalue weighted by Crippen LogP contribution is 2.29. The Hall–Kier alpha value is -1.61. The molecular formula is C17H23NO2. The van der Waals surface area contributed by atoms with E-state index in [1.165, 1.54) is 0 Å². The van der Waals surface area contributed by atoms with Gasteiger partial charge in [0.1, 0.15) is 11.5 Å². The molecule has 20 heavy (non-hydrogen) atoms. The normalized spacial score (nSPS) is 22.3. The molecule has 1 aliphatic carbocycles. The van der Waals surface area contributed by atoms with E-state index < -0.39 is 0 Å². The zero-order chi connectivity index (χ0) is 14.5. The summed E-state index contributed by atoms with van der Waals surface area (Å²) in [6.07, 6.45) is 5.97. The third kappa shape index (κ3) is 3.70. The van der Waals surface area contributed by atoms with Crippen molar-refractivity contribution in [1.82, 2.24) is 4.90 Å². The second-order valence-corrected chi connectivity index (χ2v) is 5.66. The van der Waals surface area contributed by atoms with Gasteiger partial charge in [-0.3, -0.25) is 4.79 Å². The fraction of sp³-hybridized carbons (Fsp3) is 0.471. The van der Waals surface area contributed by atoms with Gasteiger partial charge in [-0.1, -0.05) is 24.3 Å². The largest absolute Gasteiger partial charge is 0.497 e. The van der Waals surface area contributed by atoms with E-state index in [1.807, 2.05) is 24.3 Å². The summed E-state index contributed by atoms with van der Waals surface area (Å²) in [6, 6.07) is 7.78. The summed E-state index contributed by atoms with van der Waals surface area (Å²) >= 11 is 0. The number of rotatable bonds is 5. The van der Waals surface area contributed by atoms with Gasteiger partial charge in [0.2, 0.25) is 0 Å². The molecule has 0 amide bonds. The number of methoxy groups -OCH3 is 1. The summed E-state index contributed by atoms with van der Waals surface area (Å²) in [5, 5.41) is 0. The van der Waals surface area contributed by atoms with E-state index in [4.69, 9.17) is 4.74 Å². The number of carbonyl (C=O) groups excluding carboxylic acids is 1. The van der Waals surface area contributed by atoms with Crippen LogP contribution >= 0.6 is 0 Å². The van der Waals surface area contributed by atoms with Crippen LogP contribution in [0.5, 0.6) is 5.75 Å². The monoisotopic (exact) mass is 273 g/mol. The lowest BCUT2D eigenvalue weighted by molar-refractivity contribution is -0.120. The van der Waals surface area contributed by atoms with Gasteiger partial charge in [0.05, 0.1) is 13.0 Å². The van der Waals surface area contributed by atoms with Gasteiger partial charge in [0.15, 0.2) is 0 Å². The zero-order valence-corrected chi connectivity index (χ0v) is 12.5. The van der Waals surface area contributed by atoms with E-state index in [1.54, 1.807) is 7.11 Å². The number of nitrogens with zero attached hydrogens (tertiary/aromatic N) is 1. The van der Waals surface area contributed by atoms with Crippen molar-refractivity contribution in [2.45, 2.75) is 18.8 Å². The maximum atomic E-state index is 12.3. The lowest BCUT2D eigenvalue weighted by atomic mass is 9.82. The van der Waals surface area contributed by atoms with Crippen molar-refractivity contribution in [2.24, 2.45) is 5.92 Å². The average Bonchev–Trinajstić information content (AvgIpc) is 2.45. The van der Waals surface area contributed by atoms with Crippen LogP contribution in [-0.4, -0.2) is 38.4 Å². The van der Waals surface area contributed by atoms with Crippen LogP contribution in [0.1, 0.15) is 24.3 Å². The van der Waals surface area contributed by atoms with Crippen LogP contribution in [0.25, 0.3) is 0 Å². The second-order valence-electron chi connectivity index (χ2n) is 5.66. The molecule has 0 aliphatic heterocycles. The average molecular weight is 273 g/mol. The Bertz CT molecular complexity index is 476. The third-order valence-electron chi connectivity index (χ3n) is 3.81. The van der Waals surface area contributed by atoms with Gasteiger partial charge in [-0.25, -0.2) is 0 Å². The van der Waals surface area contributed by atoms with E-state index in [0.29, 0.717) is 18.1 Å². The highest BCUT2D eigenvalue weighted by atomic mass is 16.5. The summed E-state index contributed by atoms with van der Waals surface area (Å²) in [5.41, 5.74) is 1.05. The Morgan fingerprint density at radius 1 is 1.20 bits per heavy atom. The molecule has 0 fully saturated rings. The minimum absolute atomic E-state index is 0.0866. The molecule has 3 nitrogen and oxygen atoms in total. The van der Waals surface area contributed by atoms with E-state index in [0.717, 1.165) is 24.3 Å². The standard InChI is InChI=1S/C17H23NO2/c1-18(2)11-10-13-4-9-16(17(19)12-13)14-5-7-15(20-3)8-6-14/h4-9,13,16H,10-12H2,1-3H3/t13?,16-/m0/s1. The Kier molecular flexibility index (Phi) is 4.96. The van der Waals surface area contributed by atoms with E-state index in [9.17, 15) is 4.79 Å². The first-order valence-corrected chi connectivity index (χ1v) is 7.10. The summed E-state index contributed by atoms with van der Waals surface area (Å²) in [7, 11) is 5.78.